The molecule has 1 amide bonds. The summed E-state index contributed by atoms with van der Waals surface area (Å²) >= 11 is 0. The first-order valence-corrected chi connectivity index (χ1v) is 5.93. The Labute approximate surface area is 111 Å². The van der Waals surface area contributed by atoms with E-state index in [-0.39, 0.29) is 11.7 Å². The molecule has 2 rings (SSSR count). The average molecular weight is 260 g/mol. The lowest BCUT2D eigenvalue weighted by Gasteiger charge is -2.02. The summed E-state index contributed by atoms with van der Waals surface area (Å²) in [6.07, 6.45) is 0. The molecule has 5 heteroatoms. The molecule has 5 nitrogen and oxygen atoms in total. The molecule has 0 bridgehead atoms. The number of anilines is 1. The van der Waals surface area contributed by atoms with Crippen molar-refractivity contribution in [2.45, 2.75) is 0 Å². The van der Waals surface area contributed by atoms with Crippen molar-refractivity contribution in [3.8, 4) is 11.3 Å². The predicted octanol–water partition coefficient (Wildman–Crippen LogP) is 1.90. The zero-order chi connectivity index (χ0) is 13.7. The van der Waals surface area contributed by atoms with Gasteiger partial charge in [-0.15, -0.1) is 0 Å². The van der Waals surface area contributed by atoms with Crippen LogP contribution in [0.5, 0.6) is 0 Å². The minimum absolute atomic E-state index is 0.257. The van der Waals surface area contributed by atoms with Gasteiger partial charge in [-0.3, -0.25) is 4.79 Å². The van der Waals surface area contributed by atoms with E-state index >= 15 is 0 Å². The number of amides is 1. The molecule has 0 saturated heterocycles. The average Bonchev–Trinajstić information content (AvgIpc) is 2.88. The molecule has 0 spiro atoms. The van der Waals surface area contributed by atoms with Crippen LogP contribution < -0.4 is 11.1 Å². The standard InChI is InChI=1S/C14H16N2O3/c1-18-8-7-16-14(17)13-6-5-12(19-13)10-3-2-4-11(15)9-10/h2-6,9H,7-8,15H2,1H3,(H,16,17). The van der Waals surface area contributed by atoms with Crippen molar-refractivity contribution in [3.63, 3.8) is 0 Å². The van der Waals surface area contributed by atoms with Gasteiger partial charge < -0.3 is 20.2 Å². The fourth-order valence-electron chi connectivity index (χ4n) is 1.66. The van der Waals surface area contributed by atoms with Crippen LogP contribution in [0, 0.1) is 0 Å². The van der Waals surface area contributed by atoms with Crippen LogP contribution in [0.3, 0.4) is 0 Å². The number of ether oxygens (including phenoxy) is 1. The third-order valence-electron chi connectivity index (χ3n) is 2.59. The maximum absolute atomic E-state index is 11.7. The summed E-state index contributed by atoms with van der Waals surface area (Å²) in [6.45, 7) is 0.915. The summed E-state index contributed by atoms with van der Waals surface area (Å²) in [5, 5.41) is 2.69. The molecular formula is C14H16N2O3. The van der Waals surface area contributed by atoms with Gasteiger partial charge in [0.05, 0.1) is 6.61 Å². The number of benzene rings is 1. The second-order valence-electron chi connectivity index (χ2n) is 4.04. The molecule has 2 aromatic rings. The number of carbonyl (C=O) groups is 1. The van der Waals surface area contributed by atoms with Crippen molar-refractivity contribution in [3.05, 3.63) is 42.2 Å². The number of hydrogen-bond donors (Lipinski definition) is 2. The summed E-state index contributed by atoms with van der Waals surface area (Å²) in [6, 6.07) is 10.7. The number of nitrogen functional groups attached to an aromatic ring is 1. The van der Waals surface area contributed by atoms with Gasteiger partial charge >= 0.3 is 0 Å². The van der Waals surface area contributed by atoms with E-state index in [1.165, 1.54) is 0 Å². The van der Waals surface area contributed by atoms with E-state index in [2.05, 4.69) is 5.32 Å². The van der Waals surface area contributed by atoms with E-state index < -0.39 is 0 Å². The Balaban J connectivity index is 2.08. The van der Waals surface area contributed by atoms with Crippen LogP contribution in [0.4, 0.5) is 5.69 Å². The fourth-order valence-corrected chi connectivity index (χ4v) is 1.66. The number of nitrogens with one attached hydrogen (secondary N) is 1. The van der Waals surface area contributed by atoms with Crippen LogP contribution in [0.25, 0.3) is 11.3 Å². The normalized spacial score (nSPS) is 10.4. The van der Waals surface area contributed by atoms with Crippen molar-refractivity contribution < 1.29 is 13.9 Å². The van der Waals surface area contributed by atoms with Crippen LogP contribution in [-0.4, -0.2) is 26.2 Å². The van der Waals surface area contributed by atoms with Gasteiger partial charge in [-0.2, -0.15) is 0 Å². The maximum atomic E-state index is 11.7. The molecule has 100 valence electrons. The second kappa shape index (κ2) is 6.06. The van der Waals surface area contributed by atoms with Crippen molar-refractivity contribution in [2.24, 2.45) is 0 Å². The molecule has 0 saturated carbocycles. The molecule has 1 aromatic carbocycles. The Morgan fingerprint density at radius 2 is 2.21 bits per heavy atom. The number of methoxy groups -OCH3 is 1. The van der Waals surface area contributed by atoms with Gasteiger partial charge in [0.1, 0.15) is 5.76 Å². The number of rotatable bonds is 5. The Kier molecular flexibility index (Phi) is 4.20. The fraction of sp³-hybridized carbons (Fsp3) is 0.214. The molecule has 0 aliphatic carbocycles. The van der Waals surface area contributed by atoms with Gasteiger partial charge in [0.2, 0.25) is 0 Å². The number of hydrogen-bond acceptors (Lipinski definition) is 4. The van der Waals surface area contributed by atoms with E-state index in [4.69, 9.17) is 14.9 Å². The molecule has 0 aliphatic rings. The maximum Gasteiger partial charge on any atom is 0.287 e. The molecule has 0 aliphatic heterocycles. The largest absolute Gasteiger partial charge is 0.451 e. The zero-order valence-corrected chi connectivity index (χ0v) is 10.7. The highest BCUT2D eigenvalue weighted by molar-refractivity contribution is 5.92. The highest BCUT2D eigenvalue weighted by Crippen LogP contribution is 2.23. The lowest BCUT2D eigenvalue weighted by atomic mass is 10.1. The van der Waals surface area contributed by atoms with Crippen LogP contribution in [-0.2, 0) is 4.74 Å². The van der Waals surface area contributed by atoms with E-state index in [1.807, 2.05) is 12.1 Å². The van der Waals surface area contributed by atoms with Crippen LogP contribution in [0.15, 0.2) is 40.8 Å². The summed E-state index contributed by atoms with van der Waals surface area (Å²) in [5.41, 5.74) is 7.20. The van der Waals surface area contributed by atoms with Crippen LogP contribution >= 0.6 is 0 Å². The molecule has 1 aromatic heterocycles. The van der Waals surface area contributed by atoms with E-state index in [9.17, 15) is 4.79 Å². The van der Waals surface area contributed by atoms with Crippen LogP contribution in [0.1, 0.15) is 10.6 Å². The molecule has 0 radical (unpaired) electrons. The quantitative estimate of drug-likeness (QED) is 0.636. The van der Waals surface area contributed by atoms with Gasteiger partial charge in [0, 0.05) is 24.9 Å². The number of carbonyl (C=O) groups excluding carboxylic acids is 1. The van der Waals surface area contributed by atoms with Crippen LogP contribution in [0.2, 0.25) is 0 Å². The van der Waals surface area contributed by atoms with Crippen molar-refractivity contribution >= 4 is 11.6 Å². The molecule has 3 N–H and O–H groups in total. The lowest BCUT2D eigenvalue weighted by molar-refractivity contribution is 0.0910. The van der Waals surface area contributed by atoms with Crippen molar-refractivity contribution in [1.82, 2.24) is 5.32 Å². The minimum atomic E-state index is -0.257. The highest BCUT2D eigenvalue weighted by Gasteiger charge is 2.11. The van der Waals surface area contributed by atoms with Crippen molar-refractivity contribution in [2.75, 3.05) is 26.0 Å². The first-order valence-electron chi connectivity index (χ1n) is 5.93. The molecule has 1 heterocycles. The Morgan fingerprint density at radius 1 is 1.37 bits per heavy atom. The second-order valence-corrected chi connectivity index (χ2v) is 4.04. The lowest BCUT2D eigenvalue weighted by Crippen LogP contribution is -2.26. The van der Waals surface area contributed by atoms with Gasteiger partial charge in [-0.05, 0) is 24.3 Å². The first kappa shape index (κ1) is 13.2. The third kappa shape index (κ3) is 3.35. The Morgan fingerprint density at radius 3 is 2.95 bits per heavy atom. The topological polar surface area (TPSA) is 77.5 Å². The number of nitrogens with two attached hydrogens (primary N) is 1. The van der Waals surface area contributed by atoms with Gasteiger partial charge in [0.15, 0.2) is 5.76 Å². The molecular weight excluding hydrogens is 244 g/mol. The Hall–Kier alpha value is -2.27. The first-order chi connectivity index (χ1) is 9.20. The van der Waals surface area contributed by atoms with Gasteiger partial charge in [-0.25, -0.2) is 0 Å². The zero-order valence-electron chi connectivity index (χ0n) is 10.7. The van der Waals surface area contributed by atoms with Crippen molar-refractivity contribution in [1.29, 1.82) is 0 Å². The monoisotopic (exact) mass is 260 g/mol. The van der Waals surface area contributed by atoms with E-state index in [1.54, 1.807) is 31.4 Å². The summed E-state index contributed by atoms with van der Waals surface area (Å²) < 4.78 is 10.4. The minimum Gasteiger partial charge on any atom is -0.451 e. The third-order valence-corrected chi connectivity index (χ3v) is 2.59. The predicted molar refractivity (Wildman–Crippen MR) is 72.8 cm³/mol. The smallest absolute Gasteiger partial charge is 0.287 e. The molecule has 19 heavy (non-hydrogen) atoms. The number of furan rings is 1. The highest BCUT2D eigenvalue weighted by atomic mass is 16.5. The molecule has 0 atom stereocenters. The summed E-state index contributed by atoms with van der Waals surface area (Å²) in [4.78, 5) is 11.7. The SMILES string of the molecule is COCCNC(=O)c1ccc(-c2cccc(N)c2)o1. The molecule has 0 unspecified atom stereocenters. The molecule has 0 fully saturated rings. The van der Waals surface area contributed by atoms with E-state index in [0.29, 0.717) is 24.6 Å². The summed E-state index contributed by atoms with van der Waals surface area (Å²) in [5.74, 6) is 0.630. The Bertz CT molecular complexity index is 563. The van der Waals surface area contributed by atoms with Gasteiger partial charge in [-0.1, -0.05) is 12.1 Å². The van der Waals surface area contributed by atoms with E-state index in [0.717, 1.165) is 5.56 Å². The summed E-state index contributed by atoms with van der Waals surface area (Å²) in [7, 11) is 1.58. The van der Waals surface area contributed by atoms with Gasteiger partial charge in [0.25, 0.3) is 5.91 Å².